The van der Waals surface area contributed by atoms with Crippen LogP contribution in [-0.2, 0) is 17.1 Å². The Balaban J connectivity index is 1.51. The zero-order valence-electron chi connectivity index (χ0n) is 15.6. The minimum Gasteiger partial charge on any atom is -0.497 e. The van der Waals surface area contributed by atoms with Crippen molar-refractivity contribution in [2.45, 2.75) is 12.3 Å². The van der Waals surface area contributed by atoms with E-state index in [4.69, 9.17) is 20.9 Å². The van der Waals surface area contributed by atoms with Crippen LogP contribution in [0.4, 0.5) is 0 Å². The van der Waals surface area contributed by atoms with Gasteiger partial charge < -0.3 is 14.2 Å². The lowest BCUT2D eigenvalue weighted by molar-refractivity contribution is -0.127. The Morgan fingerprint density at radius 3 is 2.68 bits per heavy atom. The maximum atomic E-state index is 12.3. The van der Waals surface area contributed by atoms with E-state index in [1.807, 2.05) is 48.5 Å². The number of aromatic nitrogens is 2. The molecule has 1 heterocycles. The molecule has 0 N–H and O–H groups in total. The highest BCUT2D eigenvalue weighted by Gasteiger charge is 2.15. The van der Waals surface area contributed by atoms with Crippen LogP contribution in [0.2, 0.25) is 5.02 Å². The standard InChI is InChI=1S/C20H20ClN3O3S/c1-24(19(25)13-28-12-15-5-3-4-6-17(15)21)11-18-22-20(23-27-18)14-7-9-16(26-2)10-8-14/h3-10H,11-13H2,1-2H3. The summed E-state index contributed by atoms with van der Waals surface area (Å²) in [7, 11) is 3.33. The Kier molecular flexibility index (Phi) is 6.95. The number of amides is 1. The lowest BCUT2D eigenvalue weighted by Gasteiger charge is -2.14. The molecule has 0 aliphatic rings. The number of hydrogen-bond donors (Lipinski definition) is 0. The van der Waals surface area contributed by atoms with Crippen molar-refractivity contribution in [3.05, 3.63) is 65.0 Å². The number of ether oxygens (including phenoxy) is 1. The highest BCUT2D eigenvalue weighted by Crippen LogP contribution is 2.22. The average molecular weight is 418 g/mol. The van der Waals surface area contributed by atoms with Crippen molar-refractivity contribution in [2.75, 3.05) is 19.9 Å². The highest BCUT2D eigenvalue weighted by molar-refractivity contribution is 7.99. The van der Waals surface area contributed by atoms with Gasteiger partial charge in [-0.3, -0.25) is 4.79 Å². The number of hydrogen-bond acceptors (Lipinski definition) is 6. The van der Waals surface area contributed by atoms with E-state index in [2.05, 4.69) is 10.1 Å². The lowest BCUT2D eigenvalue weighted by atomic mass is 10.2. The molecule has 28 heavy (non-hydrogen) atoms. The molecule has 0 saturated carbocycles. The number of carbonyl (C=O) groups is 1. The van der Waals surface area contributed by atoms with E-state index >= 15 is 0 Å². The first-order valence-corrected chi connectivity index (χ1v) is 10.1. The molecule has 8 heteroatoms. The summed E-state index contributed by atoms with van der Waals surface area (Å²) in [5.74, 6) is 2.64. The van der Waals surface area contributed by atoms with Gasteiger partial charge in [0.1, 0.15) is 5.75 Å². The Morgan fingerprint density at radius 1 is 1.21 bits per heavy atom. The van der Waals surface area contributed by atoms with Gasteiger partial charge in [0.05, 0.1) is 19.4 Å². The topological polar surface area (TPSA) is 68.5 Å². The fourth-order valence-electron chi connectivity index (χ4n) is 2.44. The van der Waals surface area contributed by atoms with Crippen LogP contribution in [0.25, 0.3) is 11.4 Å². The van der Waals surface area contributed by atoms with E-state index in [1.165, 1.54) is 11.8 Å². The predicted octanol–water partition coefficient (Wildman–Crippen LogP) is 4.29. The molecular weight excluding hydrogens is 398 g/mol. The molecule has 0 atom stereocenters. The van der Waals surface area contributed by atoms with Gasteiger partial charge in [-0.2, -0.15) is 4.98 Å². The Bertz CT molecular complexity index is 930. The maximum absolute atomic E-state index is 12.3. The zero-order valence-corrected chi connectivity index (χ0v) is 17.2. The molecule has 1 amide bonds. The summed E-state index contributed by atoms with van der Waals surface area (Å²) >= 11 is 7.65. The van der Waals surface area contributed by atoms with Gasteiger partial charge in [-0.15, -0.1) is 11.8 Å². The molecule has 0 spiro atoms. The van der Waals surface area contributed by atoms with Crippen LogP contribution in [0.5, 0.6) is 5.75 Å². The summed E-state index contributed by atoms with van der Waals surface area (Å²) in [6.45, 7) is 0.259. The first-order chi connectivity index (χ1) is 13.6. The maximum Gasteiger partial charge on any atom is 0.246 e. The number of nitrogens with zero attached hydrogens (tertiary/aromatic N) is 3. The molecule has 0 radical (unpaired) electrons. The molecule has 1 aromatic heterocycles. The molecule has 0 fully saturated rings. The van der Waals surface area contributed by atoms with Crippen molar-refractivity contribution in [3.63, 3.8) is 0 Å². The molecule has 3 rings (SSSR count). The van der Waals surface area contributed by atoms with Crippen molar-refractivity contribution in [3.8, 4) is 17.1 Å². The SMILES string of the molecule is COc1ccc(-c2noc(CN(C)C(=O)CSCc3ccccc3Cl)n2)cc1. The molecule has 3 aromatic rings. The third kappa shape index (κ3) is 5.27. The van der Waals surface area contributed by atoms with Crippen molar-refractivity contribution >= 4 is 29.3 Å². The summed E-state index contributed by atoms with van der Waals surface area (Å²) in [5, 5.41) is 4.70. The summed E-state index contributed by atoms with van der Waals surface area (Å²) in [4.78, 5) is 18.3. The summed E-state index contributed by atoms with van der Waals surface area (Å²) < 4.78 is 10.4. The van der Waals surface area contributed by atoms with Crippen molar-refractivity contribution in [2.24, 2.45) is 0 Å². The molecule has 2 aromatic carbocycles. The minimum absolute atomic E-state index is 0.0127. The summed E-state index contributed by atoms with van der Waals surface area (Å²) in [6.07, 6.45) is 0. The van der Waals surface area contributed by atoms with Crippen LogP contribution in [0, 0.1) is 0 Å². The third-order valence-corrected chi connectivity index (χ3v) is 5.39. The Labute approximate surface area is 172 Å². The average Bonchev–Trinajstić information content (AvgIpc) is 3.18. The first kappa shape index (κ1) is 20.2. The van der Waals surface area contributed by atoms with Gasteiger partial charge >= 0.3 is 0 Å². The molecule has 6 nitrogen and oxygen atoms in total. The van der Waals surface area contributed by atoms with Crippen molar-refractivity contribution in [1.82, 2.24) is 15.0 Å². The Morgan fingerprint density at radius 2 is 1.96 bits per heavy atom. The summed E-state index contributed by atoms with van der Waals surface area (Å²) in [5.41, 5.74) is 1.84. The summed E-state index contributed by atoms with van der Waals surface area (Å²) in [6, 6.07) is 15.0. The van der Waals surface area contributed by atoms with Gasteiger partial charge in [0.2, 0.25) is 17.6 Å². The van der Waals surface area contributed by atoms with E-state index in [9.17, 15) is 4.79 Å². The van der Waals surface area contributed by atoms with Gasteiger partial charge in [0, 0.05) is 23.4 Å². The monoisotopic (exact) mass is 417 g/mol. The predicted molar refractivity (Wildman–Crippen MR) is 110 cm³/mol. The number of halogens is 1. The number of methoxy groups -OCH3 is 1. The van der Waals surface area contributed by atoms with Crippen molar-refractivity contribution in [1.29, 1.82) is 0 Å². The molecule has 0 bridgehead atoms. The molecule has 0 aliphatic carbocycles. The van der Waals surface area contributed by atoms with Gasteiger partial charge in [0.15, 0.2) is 0 Å². The molecule has 0 unspecified atom stereocenters. The van der Waals surface area contributed by atoms with Crippen LogP contribution in [0.3, 0.4) is 0 Å². The first-order valence-electron chi connectivity index (χ1n) is 8.59. The molecule has 0 saturated heterocycles. The van der Waals surface area contributed by atoms with Crippen molar-refractivity contribution < 1.29 is 14.1 Å². The number of carbonyl (C=O) groups excluding carboxylic acids is 1. The van der Waals surface area contributed by atoms with E-state index in [-0.39, 0.29) is 12.5 Å². The van der Waals surface area contributed by atoms with Crippen LogP contribution < -0.4 is 4.74 Å². The minimum atomic E-state index is -0.0127. The van der Waals surface area contributed by atoms with Gasteiger partial charge in [-0.05, 0) is 35.9 Å². The second kappa shape index (κ2) is 9.61. The fraction of sp³-hybridized carbons (Fsp3) is 0.250. The normalized spacial score (nSPS) is 10.7. The van der Waals surface area contributed by atoms with Gasteiger partial charge in [-0.25, -0.2) is 0 Å². The lowest BCUT2D eigenvalue weighted by Crippen LogP contribution is -2.28. The fourth-order valence-corrected chi connectivity index (χ4v) is 3.69. The van der Waals surface area contributed by atoms with Crippen LogP contribution in [0.15, 0.2) is 53.1 Å². The van der Waals surface area contributed by atoms with Crippen LogP contribution >= 0.6 is 23.4 Å². The zero-order chi connectivity index (χ0) is 19.9. The molecular formula is C20H20ClN3O3S. The number of benzene rings is 2. The number of thioether (sulfide) groups is 1. The number of rotatable bonds is 8. The smallest absolute Gasteiger partial charge is 0.246 e. The van der Waals surface area contributed by atoms with E-state index in [0.29, 0.717) is 28.2 Å². The third-order valence-electron chi connectivity index (χ3n) is 4.06. The van der Waals surface area contributed by atoms with Crippen LogP contribution in [0.1, 0.15) is 11.5 Å². The second-order valence-corrected chi connectivity index (χ2v) is 7.47. The molecule has 146 valence electrons. The quantitative estimate of drug-likeness (QED) is 0.544. The van der Waals surface area contributed by atoms with E-state index < -0.39 is 0 Å². The highest BCUT2D eigenvalue weighted by atomic mass is 35.5. The van der Waals surface area contributed by atoms with Gasteiger partial charge in [-0.1, -0.05) is 35.0 Å². The van der Waals surface area contributed by atoms with E-state index in [0.717, 1.165) is 16.9 Å². The Hall–Kier alpha value is -2.51. The van der Waals surface area contributed by atoms with E-state index in [1.54, 1.807) is 19.1 Å². The van der Waals surface area contributed by atoms with Crippen LogP contribution in [-0.4, -0.2) is 40.9 Å². The molecule has 0 aliphatic heterocycles. The second-order valence-electron chi connectivity index (χ2n) is 6.07. The van der Waals surface area contributed by atoms with Gasteiger partial charge in [0.25, 0.3) is 0 Å². The largest absolute Gasteiger partial charge is 0.497 e.